The first kappa shape index (κ1) is 10.2. The highest BCUT2D eigenvalue weighted by Gasteiger charge is 2.07. The van der Waals surface area contributed by atoms with Crippen LogP contribution in [0.2, 0.25) is 5.02 Å². The van der Waals surface area contributed by atoms with Gasteiger partial charge in [-0.05, 0) is 13.1 Å². The molecule has 0 fully saturated rings. The van der Waals surface area contributed by atoms with Gasteiger partial charge in [0.15, 0.2) is 0 Å². The average molecular weight is 202 g/mol. The summed E-state index contributed by atoms with van der Waals surface area (Å²) >= 11 is 5.78. The molecule has 0 atom stereocenters. The molecule has 2 N–H and O–H groups in total. The lowest BCUT2D eigenvalue weighted by atomic mass is 10.2. The van der Waals surface area contributed by atoms with Crippen LogP contribution in [-0.4, -0.2) is 19.3 Å². The fourth-order valence-electron chi connectivity index (χ4n) is 1.07. The minimum absolute atomic E-state index is 0.108. The minimum Gasteiger partial charge on any atom is -0.506 e. The van der Waals surface area contributed by atoms with Gasteiger partial charge in [-0.3, -0.25) is 0 Å². The molecule has 1 aromatic rings. The zero-order valence-electron chi connectivity index (χ0n) is 7.60. The molecular weight excluding hydrogens is 190 g/mol. The van der Waals surface area contributed by atoms with Gasteiger partial charge < -0.3 is 15.2 Å². The Morgan fingerprint density at radius 1 is 1.54 bits per heavy atom. The van der Waals surface area contributed by atoms with Gasteiger partial charge in [0.1, 0.15) is 11.5 Å². The van der Waals surface area contributed by atoms with Crippen LogP contribution in [0.3, 0.4) is 0 Å². The fraction of sp³-hybridized carbons (Fsp3) is 0.333. The van der Waals surface area contributed by atoms with Crippen LogP contribution in [0.1, 0.15) is 5.56 Å². The molecule has 0 heterocycles. The molecule has 0 aliphatic carbocycles. The van der Waals surface area contributed by atoms with Gasteiger partial charge in [-0.2, -0.15) is 0 Å². The second-order valence-electron chi connectivity index (χ2n) is 2.65. The molecule has 72 valence electrons. The van der Waals surface area contributed by atoms with Crippen molar-refractivity contribution >= 4 is 11.6 Å². The van der Waals surface area contributed by atoms with E-state index in [1.807, 2.05) is 0 Å². The Kier molecular flexibility index (Phi) is 3.39. The maximum Gasteiger partial charge on any atom is 0.138 e. The van der Waals surface area contributed by atoms with Crippen LogP contribution in [0.4, 0.5) is 0 Å². The third kappa shape index (κ3) is 2.26. The van der Waals surface area contributed by atoms with E-state index in [0.29, 0.717) is 17.3 Å². The third-order valence-electron chi connectivity index (χ3n) is 1.72. The van der Waals surface area contributed by atoms with E-state index in [-0.39, 0.29) is 5.75 Å². The zero-order chi connectivity index (χ0) is 9.84. The number of hydrogen-bond donors (Lipinski definition) is 2. The van der Waals surface area contributed by atoms with E-state index in [1.54, 1.807) is 26.3 Å². The molecule has 0 saturated heterocycles. The van der Waals surface area contributed by atoms with E-state index >= 15 is 0 Å². The quantitative estimate of drug-likeness (QED) is 0.784. The number of phenols is 1. The van der Waals surface area contributed by atoms with Crippen molar-refractivity contribution in [3.05, 3.63) is 22.7 Å². The third-order valence-corrected chi connectivity index (χ3v) is 2.01. The summed E-state index contributed by atoms with van der Waals surface area (Å²) in [6.07, 6.45) is 0. The van der Waals surface area contributed by atoms with Gasteiger partial charge in [0, 0.05) is 18.2 Å². The normalized spacial score (nSPS) is 10.1. The van der Waals surface area contributed by atoms with E-state index < -0.39 is 0 Å². The van der Waals surface area contributed by atoms with E-state index in [2.05, 4.69) is 5.32 Å². The van der Waals surface area contributed by atoms with Crippen LogP contribution < -0.4 is 10.1 Å². The molecule has 1 aromatic carbocycles. The van der Waals surface area contributed by atoms with E-state index in [4.69, 9.17) is 16.3 Å². The molecular formula is C9H12ClNO2. The van der Waals surface area contributed by atoms with E-state index in [0.717, 1.165) is 5.56 Å². The highest BCUT2D eigenvalue weighted by molar-refractivity contribution is 6.32. The Morgan fingerprint density at radius 3 is 2.77 bits per heavy atom. The highest BCUT2D eigenvalue weighted by atomic mass is 35.5. The Labute approximate surface area is 82.3 Å². The number of benzene rings is 1. The first-order valence-corrected chi connectivity index (χ1v) is 4.26. The highest BCUT2D eigenvalue weighted by Crippen LogP contribution is 2.31. The van der Waals surface area contributed by atoms with Crippen molar-refractivity contribution in [1.82, 2.24) is 5.32 Å². The van der Waals surface area contributed by atoms with Gasteiger partial charge in [0.05, 0.1) is 12.1 Å². The van der Waals surface area contributed by atoms with Gasteiger partial charge >= 0.3 is 0 Å². The van der Waals surface area contributed by atoms with Crippen molar-refractivity contribution in [3.8, 4) is 11.5 Å². The fourth-order valence-corrected chi connectivity index (χ4v) is 1.30. The maximum atomic E-state index is 9.52. The summed E-state index contributed by atoms with van der Waals surface area (Å²) in [6, 6.07) is 3.33. The Morgan fingerprint density at radius 2 is 2.23 bits per heavy atom. The van der Waals surface area contributed by atoms with Crippen LogP contribution >= 0.6 is 11.6 Å². The summed E-state index contributed by atoms with van der Waals surface area (Å²) < 4.78 is 5.01. The number of halogens is 1. The summed E-state index contributed by atoms with van der Waals surface area (Å²) in [5, 5.41) is 12.8. The molecule has 0 aliphatic rings. The van der Waals surface area contributed by atoms with Crippen molar-refractivity contribution in [2.75, 3.05) is 14.2 Å². The van der Waals surface area contributed by atoms with Gasteiger partial charge in [0.2, 0.25) is 0 Å². The number of ether oxygens (including phenoxy) is 1. The first-order chi connectivity index (χ1) is 6.19. The number of methoxy groups -OCH3 is 1. The Balaban J connectivity index is 3.09. The summed E-state index contributed by atoms with van der Waals surface area (Å²) in [6.45, 7) is 0.558. The van der Waals surface area contributed by atoms with Crippen LogP contribution in [0.15, 0.2) is 12.1 Å². The topological polar surface area (TPSA) is 41.5 Å². The number of phenolic OH excluding ortho intramolecular Hbond substituents is 1. The van der Waals surface area contributed by atoms with Gasteiger partial charge in [0.25, 0.3) is 0 Å². The largest absolute Gasteiger partial charge is 0.506 e. The molecule has 0 radical (unpaired) electrons. The average Bonchev–Trinajstić information content (AvgIpc) is 2.13. The molecule has 0 spiro atoms. The second kappa shape index (κ2) is 4.35. The summed E-state index contributed by atoms with van der Waals surface area (Å²) in [5.41, 5.74) is 0.729. The Bertz CT molecular complexity index is 302. The molecule has 4 heteroatoms. The molecule has 13 heavy (non-hydrogen) atoms. The van der Waals surface area contributed by atoms with Crippen molar-refractivity contribution in [2.24, 2.45) is 0 Å². The van der Waals surface area contributed by atoms with Crippen molar-refractivity contribution in [1.29, 1.82) is 0 Å². The molecule has 3 nitrogen and oxygen atoms in total. The second-order valence-corrected chi connectivity index (χ2v) is 3.05. The van der Waals surface area contributed by atoms with Crippen molar-refractivity contribution < 1.29 is 9.84 Å². The molecule has 1 rings (SSSR count). The van der Waals surface area contributed by atoms with Gasteiger partial charge in [-0.15, -0.1) is 0 Å². The Hall–Kier alpha value is -0.930. The maximum absolute atomic E-state index is 9.52. The lowest BCUT2D eigenvalue weighted by molar-refractivity contribution is 0.410. The molecule has 0 aromatic heterocycles. The SMILES string of the molecule is CNCc1cc(OC)cc(Cl)c1O. The summed E-state index contributed by atoms with van der Waals surface area (Å²) in [5.74, 6) is 0.755. The molecule has 0 aliphatic heterocycles. The number of nitrogens with one attached hydrogen (secondary N) is 1. The zero-order valence-corrected chi connectivity index (χ0v) is 8.35. The first-order valence-electron chi connectivity index (χ1n) is 3.89. The summed E-state index contributed by atoms with van der Waals surface area (Å²) in [7, 11) is 3.36. The molecule has 0 unspecified atom stereocenters. The predicted molar refractivity (Wildman–Crippen MR) is 52.4 cm³/mol. The van der Waals surface area contributed by atoms with Crippen LogP contribution in [0.25, 0.3) is 0 Å². The van der Waals surface area contributed by atoms with Gasteiger partial charge in [-0.25, -0.2) is 0 Å². The number of rotatable bonds is 3. The minimum atomic E-state index is 0.108. The van der Waals surface area contributed by atoms with Crippen LogP contribution in [-0.2, 0) is 6.54 Å². The standard InChI is InChI=1S/C9H12ClNO2/c1-11-5-6-3-7(13-2)4-8(10)9(6)12/h3-4,11-12H,5H2,1-2H3. The lowest BCUT2D eigenvalue weighted by Crippen LogP contribution is -2.05. The molecule has 0 amide bonds. The molecule has 0 bridgehead atoms. The van der Waals surface area contributed by atoms with Crippen molar-refractivity contribution in [3.63, 3.8) is 0 Å². The monoisotopic (exact) mass is 201 g/mol. The summed E-state index contributed by atoms with van der Waals surface area (Å²) in [4.78, 5) is 0. The number of aromatic hydroxyl groups is 1. The van der Waals surface area contributed by atoms with Crippen LogP contribution in [0, 0.1) is 0 Å². The van der Waals surface area contributed by atoms with E-state index in [9.17, 15) is 5.11 Å². The molecule has 0 saturated carbocycles. The predicted octanol–water partition coefficient (Wildman–Crippen LogP) is 1.77. The smallest absolute Gasteiger partial charge is 0.138 e. The lowest BCUT2D eigenvalue weighted by Gasteiger charge is -2.08. The van der Waals surface area contributed by atoms with Gasteiger partial charge in [-0.1, -0.05) is 11.6 Å². The van der Waals surface area contributed by atoms with E-state index in [1.165, 1.54) is 0 Å². The van der Waals surface area contributed by atoms with Crippen LogP contribution in [0.5, 0.6) is 11.5 Å². The number of hydrogen-bond acceptors (Lipinski definition) is 3. The van der Waals surface area contributed by atoms with Crippen molar-refractivity contribution in [2.45, 2.75) is 6.54 Å².